The third kappa shape index (κ3) is 5.20. The molecular formula is C23H33N7. The first kappa shape index (κ1) is 20.4. The van der Waals surface area contributed by atoms with E-state index in [9.17, 15) is 0 Å². The molecule has 30 heavy (non-hydrogen) atoms. The van der Waals surface area contributed by atoms with Gasteiger partial charge in [0.1, 0.15) is 5.82 Å². The fourth-order valence-corrected chi connectivity index (χ4v) is 4.03. The summed E-state index contributed by atoms with van der Waals surface area (Å²) in [6.45, 7) is 4.20. The smallest absolute Gasteiger partial charge is 0.229 e. The molecule has 160 valence electrons. The highest BCUT2D eigenvalue weighted by Gasteiger charge is 2.19. The van der Waals surface area contributed by atoms with Crippen LogP contribution in [0.15, 0.2) is 35.4 Å². The molecule has 4 rings (SSSR count). The van der Waals surface area contributed by atoms with Gasteiger partial charge in [-0.3, -0.25) is 5.43 Å². The number of piperidine rings is 2. The number of hydrogen-bond donors (Lipinski definition) is 1. The maximum atomic E-state index is 4.92. The standard InChI is InChI=1S/C23H33N7/c1-28(2)20-11-9-19(10-12-20)18-24-27-21-17-22(29-13-5-3-6-14-29)26-23(25-21)30-15-7-4-8-16-30/h9-12,17-18H,3-8,13-16H2,1-2H3,(H,25,26,27)/b24-18-. The number of aromatic nitrogens is 2. The number of hydrogen-bond acceptors (Lipinski definition) is 7. The van der Waals surface area contributed by atoms with Crippen molar-refractivity contribution in [2.45, 2.75) is 38.5 Å². The second-order valence-electron chi connectivity index (χ2n) is 8.36. The van der Waals surface area contributed by atoms with E-state index in [-0.39, 0.29) is 0 Å². The SMILES string of the molecule is CN(C)c1ccc(/C=N\Nc2cc(N3CCCCC3)nc(N3CCCCC3)n2)cc1. The number of hydrazone groups is 1. The fraction of sp³-hybridized carbons (Fsp3) is 0.522. The molecule has 0 spiro atoms. The molecule has 0 unspecified atom stereocenters. The maximum Gasteiger partial charge on any atom is 0.229 e. The summed E-state index contributed by atoms with van der Waals surface area (Å²) in [5.41, 5.74) is 5.37. The summed E-state index contributed by atoms with van der Waals surface area (Å²) in [7, 11) is 4.08. The zero-order chi connectivity index (χ0) is 20.8. The molecule has 2 aliphatic heterocycles. The van der Waals surface area contributed by atoms with Gasteiger partial charge in [0.25, 0.3) is 0 Å². The third-order valence-corrected chi connectivity index (χ3v) is 5.82. The van der Waals surface area contributed by atoms with Gasteiger partial charge in [-0.05, 0) is 56.2 Å². The average molecular weight is 408 g/mol. The lowest BCUT2D eigenvalue weighted by atomic mass is 10.1. The van der Waals surface area contributed by atoms with E-state index in [1.165, 1.54) is 44.2 Å². The van der Waals surface area contributed by atoms with Crippen LogP contribution in [0.25, 0.3) is 0 Å². The quantitative estimate of drug-likeness (QED) is 0.578. The van der Waals surface area contributed by atoms with Crippen molar-refractivity contribution in [1.29, 1.82) is 0 Å². The first-order valence-electron chi connectivity index (χ1n) is 11.1. The lowest BCUT2D eigenvalue weighted by molar-refractivity contribution is 0.561. The van der Waals surface area contributed by atoms with Crippen LogP contribution in [0.3, 0.4) is 0 Å². The molecule has 0 aliphatic carbocycles. The second kappa shape index (κ2) is 9.78. The summed E-state index contributed by atoms with van der Waals surface area (Å²) in [5.74, 6) is 2.59. The Morgan fingerprint density at radius 1 is 0.867 bits per heavy atom. The van der Waals surface area contributed by atoms with Crippen molar-refractivity contribution < 1.29 is 0 Å². The highest BCUT2D eigenvalue weighted by Crippen LogP contribution is 2.25. The first-order chi connectivity index (χ1) is 14.7. The normalized spacial score (nSPS) is 17.4. The van der Waals surface area contributed by atoms with Gasteiger partial charge in [-0.25, -0.2) is 0 Å². The number of benzene rings is 1. The second-order valence-corrected chi connectivity index (χ2v) is 8.36. The van der Waals surface area contributed by atoms with E-state index < -0.39 is 0 Å². The van der Waals surface area contributed by atoms with Gasteiger partial charge >= 0.3 is 0 Å². The predicted octanol–water partition coefficient (Wildman–Crippen LogP) is 3.97. The molecule has 0 saturated carbocycles. The summed E-state index contributed by atoms with van der Waals surface area (Å²) >= 11 is 0. The number of rotatable bonds is 6. The van der Waals surface area contributed by atoms with Crippen LogP contribution >= 0.6 is 0 Å². The number of anilines is 4. The maximum absolute atomic E-state index is 4.92. The van der Waals surface area contributed by atoms with E-state index in [0.29, 0.717) is 0 Å². The van der Waals surface area contributed by atoms with Crippen LogP contribution in [0, 0.1) is 0 Å². The van der Waals surface area contributed by atoms with Gasteiger partial charge in [-0.1, -0.05) is 12.1 Å². The fourth-order valence-electron chi connectivity index (χ4n) is 4.03. The minimum atomic E-state index is 0.757. The van der Waals surface area contributed by atoms with Crippen molar-refractivity contribution in [3.05, 3.63) is 35.9 Å². The first-order valence-corrected chi connectivity index (χ1v) is 11.1. The van der Waals surface area contributed by atoms with Crippen molar-refractivity contribution in [1.82, 2.24) is 9.97 Å². The van der Waals surface area contributed by atoms with E-state index in [1.807, 2.05) is 26.4 Å². The lowest BCUT2D eigenvalue weighted by Crippen LogP contribution is -2.33. The van der Waals surface area contributed by atoms with Crippen LogP contribution < -0.4 is 20.1 Å². The van der Waals surface area contributed by atoms with E-state index in [2.05, 4.69) is 49.5 Å². The third-order valence-electron chi connectivity index (χ3n) is 5.82. The van der Waals surface area contributed by atoms with Gasteiger partial charge < -0.3 is 14.7 Å². The van der Waals surface area contributed by atoms with Crippen molar-refractivity contribution >= 4 is 29.5 Å². The Kier molecular flexibility index (Phi) is 6.67. The van der Waals surface area contributed by atoms with Gasteiger partial charge in [0.05, 0.1) is 6.21 Å². The minimum Gasteiger partial charge on any atom is -0.378 e. The monoisotopic (exact) mass is 407 g/mol. The Hall–Kier alpha value is -2.83. The molecule has 2 aromatic rings. The van der Waals surface area contributed by atoms with Crippen LogP contribution in [-0.2, 0) is 0 Å². The van der Waals surface area contributed by atoms with Crippen LogP contribution in [0.5, 0.6) is 0 Å². The Morgan fingerprint density at radius 3 is 2.13 bits per heavy atom. The summed E-state index contributed by atoms with van der Waals surface area (Å²) < 4.78 is 0. The Morgan fingerprint density at radius 2 is 1.50 bits per heavy atom. The zero-order valence-electron chi connectivity index (χ0n) is 18.2. The van der Waals surface area contributed by atoms with Crippen molar-refractivity contribution in [3.8, 4) is 0 Å². The summed E-state index contributed by atoms with van der Waals surface area (Å²) in [4.78, 5) is 16.5. The average Bonchev–Trinajstić information content (AvgIpc) is 2.80. The Bertz CT molecular complexity index is 799. The van der Waals surface area contributed by atoms with Crippen LogP contribution in [0.1, 0.15) is 44.1 Å². The topological polar surface area (TPSA) is 59.9 Å². The van der Waals surface area contributed by atoms with Crippen LogP contribution in [0.2, 0.25) is 0 Å². The van der Waals surface area contributed by atoms with Gasteiger partial charge in [-0.2, -0.15) is 15.1 Å². The van der Waals surface area contributed by atoms with Crippen molar-refractivity contribution in [3.63, 3.8) is 0 Å². The van der Waals surface area contributed by atoms with E-state index >= 15 is 0 Å². The van der Waals surface area contributed by atoms with Gasteiger partial charge in [-0.15, -0.1) is 0 Å². The largest absolute Gasteiger partial charge is 0.378 e. The zero-order valence-corrected chi connectivity index (χ0v) is 18.2. The number of nitrogens with one attached hydrogen (secondary N) is 1. The highest BCUT2D eigenvalue weighted by molar-refractivity contribution is 5.81. The van der Waals surface area contributed by atoms with Crippen molar-refractivity contribution in [2.24, 2.45) is 5.10 Å². The molecule has 0 amide bonds. The molecule has 2 fully saturated rings. The molecule has 7 nitrogen and oxygen atoms in total. The van der Waals surface area contributed by atoms with Gasteiger partial charge in [0.2, 0.25) is 5.95 Å². The molecule has 2 aliphatic rings. The lowest BCUT2D eigenvalue weighted by Gasteiger charge is -2.31. The van der Waals surface area contributed by atoms with Crippen LogP contribution in [-0.4, -0.2) is 56.5 Å². The molecule has 0 radical (unpaired) electrons. The van der Waals surface area contributed by atoms with Crippen molar-refractivity contribution in [2.75, 3.05) is 60.4 Å². The molecule has 0 atom stereocenters. The summed E-state index contributed by atoms with van der Waals surface area (Å²) in [5, 5.41) is 4.44. The van der Waals surface area contributed by atoms with E-state index in [0.717, 1.165) is 49.3 Å². The predicted molar refractivity (Wildman–Crippen MR) is 126 cm³/mol. The van der Waals surface area contributed by atoms with E-state index in [4.69, 9.17) is 9.97 Å². The summed E-state index contributed by atoms with van der Waals surface area (Å²) in [6, 6.07) is 10.4. The van der Waals surface area contributed by atoms with Gasteiger partial charge in [0, 0.05) is 52.0 Å². The molecular weight excluding hydrogens is 374 g/mol. The molecule has 1 aromatic carbocycles. The molecule has 0 bridgehead atoms. The number of nitrogens with zero attached hydrogens (tertiary/aromatic N) is 6. The highest BCUT2D eigenvalue weighted by atomic mass is 15.4. The van der Waals surface area contributed by atoms with Gasteiger partial charge in [0.15, 0.2) is 5.82 Å². The summed E-state index contributed by atoms with van der Waals surface area (Å²) in [6.07, 6.45) is 9.32. The molecule has 1 N–H and O–H groups in total. The minimum absolute atomic E-state index is 0.757. The molecule has 1 aromatic heterocycles. The molecule has 2 saturated heterocycles. The Balaban J connectivity index is 1.51. The van der Waals surface area contributed by atoms with Crippen LogP contribution in [0.4, 0.5) is 23.3 Å². The molecule has 3 heterocycles. The molecule has 7 heteroatoms. The Labute approximate surface area is 179 Å². The van der Waals surface area contributed by atoms with E-state index in [1.54, 1.807) is 0 Å².